The van der Waals surface area contributed by atoms with Crippen molar-refractivity contribution in [3.63, 3.8) is 0 Å². The summed E-state index contributed by atoms with van der Waals surface area (Å²) in [4.78, 5) is 10.7. The van der Waals surface area contributed by atoms with Crippen LogP contribution in [0.3, 0.4) is 0 Å². The molecule has 1 aromatic heterocycles. The van der Waals surface area contributed by atoms with E-state index in [4.69, 9.17) is 4.74 Å². The summed E-state index contributed by atoms with van der Waals surface area (Å²) >= 11 is 1.51. The standard InChI is InChI=1S/C18H17N5O3S/c1-2-26-17-9-8-15(10-16(17)23(24)25)11-20-22-13-19-21-18(22)27-12-14-6-4-3-5-7-14/h3-11,13H,2,12H2,1H3/b20-11-. The smallest absolute Gasteiger partial charge is 0.311 e. The summed E-state index contributed by atoms with van der Waals surface area (Å²) in [6.45, 7) is 2.14. The Hall–Kier alpha value is -3.20. The maximum absolute atomic E-state index is 11.2. The van der Waals surface area contributed by atoms with Crippen LogP contribution in [0.15, 0.2) is 65.1 Å². The van der Waals surface area contributed by atoms with Crippen molar-refractivity contribution >= 4 is 23.7 Å². The number of thioether (sulfide) groups is 1. The third kappa shape index (κ3) is 4.91. The molecule has 0 saturated heterocycles. The zero-order chi connectivity index (χ0) is 19.1. The van der Waals surface area contributed by atoms with Gasteiger partial charge >= 0.3 is 5.69 Å². The number of hydrogen-bond donors (Lipinski definition) is 0. The molecule has 1 heterocycles. The van der Waals surface area contributed by atoms with E-state index in [0.29, 0.717) is 17.3 Å². The first-order valence-corrected chi connectivity index (χ1v) is 9.18. The second kappa shape index (κ2) is 8.95. The molecular formula is C18H17N5O3S. The van der Waals surface area contributed by atoms with Crippen molar-refractivity contribution in [2.45, 2.75) is 17.8 Å². The molecule has 3 aromatic rings. The zero-order valence-corrected chi connectivity index (χ0v) is 15.4. The van der Waals surface area contributed by atoms with Crippen molar-refractivity contribution in [3.05, 3.63) is 76.1 Å². The number of ether oxygens (including phenoxy) is 1. The Bertz CT molecular complexity index is 943. The van der Waals surface area contributed by atoms with Crippen molar-refractivity contribution < 1.29 is 9.66 Å². The van der Waals surface area contributed by atoms with Gasteiger partial charge in [0.1, 0.15) is 6.33 Å². The first-order valence-electron chi connectivity index (χ1n) is 8.19. The van der Waals surface area contributed by atoms with Gasteiger partial charge < -0.3 is 4.74 Å². The van der Waals surface area contributed by atoms with Gasteiger partial charge in [-0.1, -0.05) is 42.1 Å². The Labute approximate surface area is 160 Å². The molecule has 0 N–H and O–H groups in total. The van der Waals surface area contributed by atoms with Crippen LogP contribution in [0.4, 0.5) is 5.69 Å². The number of nitro groups is 1. The van der Waals surface area contributed by atoms with Crippen molar-refractivity contribution in [3.8, 4) is 5.75 Å². The van der Waals surface area contributed by atoms with Crippen LogP contribution in [0.1, 0.15) is 18.1 Å². The van der Waals surface area contributed by atoms with E-state index in [1.54, 1.807) is 19.1 Å². The predicted molar refractivity (Wildman–Crippen MR) is 103 cm³/mol. The first-order chi connectivity index (χ1) is 13.2. The van der Waals surface area contributed by atoms with E-state index in [2.05, 4.69) is 15.3 Å². The number of nitro benzene ring substituents is 1. The van der Waals surface area contributed by atoms with E-state index in [1.807, 2.05) is 30.3 Å². The molecule has 0 aliphatic heterocycles. The van der Waals surface area contributed by atoms with Crippen LogP contribution in [0.25, 0.3) is 0 Å². The number of hydrogen-bond acceptors (Lipinski definition) is 7. The SMILES string of the molecule is CCOc1ccc(/C=N\n2cnnc2SCc2ccccc2)cc1[N+](=O)[O-]. The molecule has 0 saturated carbocycles. The highest BCUT2D eigenvalue weighted by Gasteiger charge is 2.15. The highest BCUT2D eigenvalue weighted by Crippen LogP contribution is 2.27. The van der Waals surface area contributed by atoms with Gasteiger partial charge in [0, 0.05) is 17.4 Å². The van der Waals surface area contributed by atoms with Gasteiger partial charge in [-0.25, -0.2) is 0 Å². The highest BCUT2D eigenvalue weighted by molar-refractivity contribution is 7.98. The molecule has 0 bridgehead atoms. The van der Waals surface area contributed by atoms with E-state index in [0.717, 1.165) is 5.75 Å². The van der Waals surface area contributed by atoms with Crippen LogP contribution in [-0.2, 0) is 5.75 Å². The summed E-state index contributed by atoms with van der Waals surface area (Å²) in [6, 6.07) is 14.7. The molecule has 0 amide bonds. The molecule has 0 unspecified atom stereocenters. The zero-order valence-electron chi connectivity index (χ0n) is 14.6. The molecule has 2 aromatic carbocycles. The van der Waals surface area contributed by atoms with Crippen LogP contribution in [0.2, 0.25) is 0 Å². The van der Waals surface area contributed by atoms with Gasteiger partial charge in [-0.2, -0.15) is 9.78 Å². The van der Waals surface area contributed by atoms with E-state index >= 15 is 0 Å². The molecule has 27 heavy (non-hydrogen) atoms. The summed E-state index contributed by atoms with van der Waals surface area (Å²) in [6.07, 6.45) is 3.02. The van der Waals surface area contributed by atoms with E-state index in [-0.39, 0.29) is 11.4 Å². The Morgan fingerprint density at radius 2 is 2.11 bits per heavy atom. The molecule has 0 aliphatic rings. The lowest BCUT2D eigenvalue weighted by Gasteiger charge is -2.04. The van der Waals surface area contributed by atoms with Crippen molar-refractivity contribution in [1.82, 2.24) is 14.9 Å². The second-order valence-corrected chi connectivity index (χ2v) is 6.34. The van der Waals surface area contributed by atoms with Crippen molar-refractivity contribution in [2.75, 3.05) is 6.61 Å². The van der Waals surface area contributed by atoms with Crippen LogP contribution >= 0.6 is 11.8 Å². The lowest BCUT2D eigenvalue weighted by molar-refractivity contribution is -0.385. The lowest BCUT2D eigenvalue weighted by Crippen LogP contribution is -1.99. The van der Waals surface area contributed by atoms with Crippen molar-refractivity contribution in [2.24, 2.45) is 5.10 Å². The molecule has 0 radical (unpaired) electrons. The number of aromatic nitrogens is 3. The molecule has 0 fully saturated rings. The lowest BCUT2D eigenvalue weighted by atomic mass is 10.2. The molecule has 9 heteroatoms. The molecule has 0 aliphatic carbocycles. The molecule has 0 atom stereocenters. The Morgan fingerprint density at radius 3 is 2.85 bits per heavy atom. The minimum Gasteiger partial charge on any atom is -0.487 e. The maximum atomic E-state index is 11.2. The fourth-order valence-corrected chi connectivity index (χ4v) is 3.10. The fourth-order valence-electron chi connectivity index (χ4n) is 2.28. The summed E-state index contributed by atoms with van der Waals surface area (Å²) in [5, 5.41) is 24.1. The summed E-state index contributed by atoms with van der Waals surface area (Å²) in [7, 11) is 0. The summed E-state index contributed by atoms with van der Waals surface area (Å²) in [5.41, 5.74) is 1.66. The van der Waals surface area contributed by atoms with Gasteiger partial charge in [-0.05, 0) is 24.6 Å². The normalized spacial score (nSPS) is 11.0. The van der Waals surface area contributed by atoms with Crippen LogP contribution in [0, 0.1) is 10.1 Å². The fraction of sp³-hybridized carbons (Fsp3) is 0.167. The molecule has 138 valence electrons. The van der Waals surface area contributed by atoms with Gasteiger partial charge in [0.2, 0.25) is 5.16 Å². The maximum Gasteiger partial charge on any atom is 0.311 e. The van der Waals surface area contributed by atoms with Gasteiger partial charge in [-0.3, -0.25) is 10.1 Å². The van der Waals surface area contributed by atoms with Gasteiger partial charge in [-0.15, -0.1) is 10.2 Å². The average molecular weight is 383 g/mol. The van der Waals surface area contributed by atoms with Gasteiger partial charge in [0.25, 0.3) is 0 Å². The predicted octanol–water partition coefficient (Wildman–Crippen LogP) is 3.76. The highest BCUT2D eigenvalue weighted by atomic mass is 32.2. The van der Waals surface area contributed by atoms with E-state index < -0.39 is 4.92 Å². The minimum absolute atomic E-state index is 0.0942. The van der Waals surface area contributed by atoms with Crippen molar-refractivity contribution in [1.29, 1.82) is 0 Å². The largest absolute Gasteiger partial charge is 0.487 e. The molecule has 0 spiro atoms. The summed E-state index contributed by atoms with van der Waals surface area (Å²) in [5.74, 6) is 0.979. The molecular weight excluding hydrogens is 366 g/mol. The number of nitrogens with zero attached hydrogens (tertiary/aromatic N) is 5. The van der Waals surface area contributed by atoms with Crippen LogP contribution < -0.4 is 4.74 Å². The first kappa shape index (κ1) is 18.6. The second-order valence-electron chi connectivity index (χ2n) is 5.39. The average Bonchev–Trinajstić information content (AvgIpc) is 3.14. The Kier molecular flexibility index (Phi) is 6.16. The Morgan fingerprint density at radius 1 is 1.30 bits per heavy atom. The summed E-state index contributed by atoms with van der Waals surface area (Å²) < 4.78 is 6.82. The number of benzene rings is 2. The van der Waals surface area contributed by atoms with Crippen LogP contribution in [-0.4, -0.2) is 32.6 Å². The molecule has 3 rings (SSSR count). The third-order valence-electron chi connectivity index (χ3n) is 3.52. The quantitative estimate of drug-likeness (QED) is 0.254. The van der Waals surface area contributed by atoms with Gasteiger partial charge in [0.15, 0.2) is 5.75 Å². The topological polar surface area (TPSA) is 95.4 Å². The number of rotatable bonds is 8. The van der Waals surface area contributed by atoms with E-state index in [1.165, 1.54) is 40.6 Å². The van der Waals surface area contributed by atoms with Crippen LogP contribution in [0.5, 0.6) is 5.75 Å². The van der Waals surface area contributed by atoms with E-state index in [9.17, 15) is 10.1 Å². The molecule has 8 nitrogen and oxygen atoms in total. The van der Waals surface area contributed by atoms with Gasteiger partial charge in [0.05, 0.1) is 17.7 Å². The Balaban J connectivity index is 1.74. The minimum atomic E-state index is -0.470. The monoisotopic (exact) mass is 383 g/mol. The third-order valence-corrected chi connectivity index (χ3v) is 4.53.